The van der Waals surface area contributed by atoms with Gasteiger partial charge in [-0.3, -0.25) is 0 Å². The Bertz CT molecular complexity index is 491. The van der Waals surface area contributed by atoms with Gasteiger partial charge in [0.25, 0.3) is 0 Å². The van der Waals surface area contributed by atoms with E-state index in [4.69, 9.17) is 4.42 Å². The molecule has 1 aromatic rings. The standard InChI is InChI=1S/C12H20N2O3S/c1-9(18(2,15)16)11-8-14-12(17-11)4-3-7-13-10-5-6-10/h8-10,13H,3-7H2,1-2H3. The Morgan fingerprint density at radius 1 is 1.56 bits per heavy atom. The van der Waals surface area contributed by atoms with E-state index < -0.39 is 15.1 Å². The van der Waals surface area contributed by atoms with Gasteiger partial charge in [0, 0.05) is 18.7 Å². The first kappa shape index (κ1) is 13.5. The minimum absolute atomic E-state index is 0.433. The highest BCUT2D eigenvalue weighted by atomic mass is 32.2. The number of hydrogen-bond donors (Lipinski definition) is 1. The third-order valence-electron chi connectivity index (χ3n) is 3.19. The van der Waals surface area contributed by atoms with Crippen LogP contribution in [0.3, 0.4) is 0 Å². The Labute approximate surface area is 108 Å². The van der Waals surface area contributed by atoms with Crippen molar-refractivity contribution in [3.05, 3.63) is 17.8 Å². The summed E-state index contributed by atoms with van der Waals surface area (Å²) < 4.78 is 28.2. The smallest absolute Gasteiger partial charge is 0.194 e. The fourth-order valence-electron chi connectivity index (χ4n) is 1.67. The van der Waals surface area contributed by atoms with Gasteiger partial charge in [0.1, 0.15) is 11.0 Å². The van der Waals surface area contributed by atoms with Crippen LogP contribution in [0, 0.1) is 0 Å². The highest BCUT2D eigenvalue weighted by Crippen LogP contribution is 2.22. The number of hydrogen-bond acceptors (Lipinski definition) is 5. The second kappa shape index (κ2) is 5.40. The highest BCUT2D eigenvalue weighted by Gasteiger charge is 2.22. The summed E-state index contributed by atoms with van der Waals surface area (Å²) in [5, 5.41) is 2.79. The van der Waals surface area contributed by atoms with E-state index in [1.807, 2.05) is 0 Å². The Hall–Kier alpha value is -0.880. The summed E-state index contributed by atoms with van der Waals surface area (Å²) in [7, 11) is -3.12. The van der Waals surface area contributed by atoms with Crippen LogP contribution in [-0.2, 0) is 16.3 Å². The molecule has 1 atom stereocenters. The molecule has 0 radical (unpaired) electrons. The van der Waals surface area contributed by atoms with Crippen molar-refractivity contribution in [3.8, 4) is 0 Å². The van der Waals surface area contributed by atoms with E-state index >= 15 is 0 Å². The predicted octanol–water partition coefficient (Wildman–Crippen LogP) is 1.46. The maximum absolute atomic E-state index is 11.4. The van der Waals surface area contributed by atoms with Crippen LogP contribution in [-0.4, -0.2) is 32.2 Å². The third kappa shape index (κ3) is 3.81. The van der Waals surface area contributed by atoms with Crippen molar-refractivity contribution in [2.75, 3.05) is 12.8 Å². The van der Waals surface area contributed by atoms with Gasteiger partial charge in [-0.2, -0.15) is 0 Å². The molecule has 0 aliphatic heterocycles. The van der Waals surface area contributed by atoms with E-state index in [1.165, 1.54) is 25.3 Å². The van der Waals surface area contributed by atoms with Gasteiger partial charge in [-0.05, 0) is 32.7 Å². The van der Waals surface area contributed by atoms with Crippen LogP contribution in [0.25, 0.3) is 0 Å². The summed E-state index contributed by atoms with van der Waals surface area (Å²) in [5.74, 6) is 1.06. The van der Waals surface area contributed by atoms with E-state index in [9.17, 15) is 8.42 Å². The van der Waals surface area contributed by atoms with Crippen LogP contribution >= 0.6 is 0 Å². The van der Waals surface area contributed by atoms with E-state index in [0.717, 1.165) is 25.4 Å². The number of nitrogens with zero attached hydrogens (tertiary/aromatic N) is 1. The molecule has 1 heterocycles. The Morgan fingerprint density at radius 2 is 2.28 bits per heavy atom. The first-order valence-corrected chi connectivity index (χ1v) is 8.29. The van der Waals surface area contributed by atoms with Crippen molar-refractivity contribution >= 4 is 9.84 Å². The zero-order valence-corrected chi connectivity index (χ0v) is 11.7. The van der Waals surface area contributed by atoms with E-state index in [2.05, 4.69) is 10.3 Å². The summed E-state index contributed by atoms with van der Waals surface area (Å²) in [6.45, 7) is 2.58. The lowest BCUT2D eigenvalue weighted by Gasteiger charge is -2.04. The van der Waals surface area contributed by atoms with E-state index in [1.54, 1.807) is 6.92 Å². The van der Waals surface area contributed by atoms with Gasteiger partial charge >= 0.3 is 0 Å². The van der Waals surface area contributed by atoms with Gasteiger partial charge in [-0.15, -0.1) is 0 Å². The number of oxazole rings is 1. The Balaban J connectivity index is 1.81. The summed E-state index contributed by atoms with van der Waals surface area (Å²) in [6.07, 6.45) is 7.01. The first-order chi connectivity index (χ1) is 8.47. The van der Waals surface area contributed by atoms with E-state index in [-0.39, 0.29) is 0 Å². The molecule has 1 unspecified atom stereocenters. The molecule has 0 spiro atoms. The fourth-order valence-corrected chi connectivity index (χ4v) is 2.20. The number of aryl methyl sites for hydroxylation is 1. The van der Waals surface area contributed by atoms with Gasteiger partial charge in [0.05, 0.1) is 6.20 Å². The van der Waals surface area contributed by atoms with Crippen LogP contribution in [0.15, 0.2) is 10.6 Å². The quantitative estimate of drug-likeness (QED) is 0.761. The third-order valence-corrected chi connectivity index (χ3v) is 4.71. The molecule has 5 nitrogen and oxygen atoms in total. The molecule has 2 rings (SSSR count). The molecule has 1 fully saturated rings. The van der Waals surface area contributed by atoms with Crippen molar-refractivity contribution in [1.29, 1.82) is 0 Å². The molecule has 102 valence electrons. The van der Waals surface area contributed by atoms with Crippen molar-refractivity contribution < 1.29 is 12.8 Å². The van der Waals surface area contributed by atoms with Crippen LogP contribution < -0.4 is 5.32 Å². The molecular formula is C12H20N2O3S. The molecule has 1 aliphatic rings. The average Bonchev–Trinajstić information content (AvgIpc) is 3.00. The van der Waals surface area contributed by atoms with Gasteiger partial charge < -0.3 is 9.73 Å². The van der Waals surface area contributed by atoms with Crippen molar-refractivity contribution in [2.24, 2.45) is 0 Å². The minimum atomic E-state index is -3.12. The monoisotopic (exact) mass is 272 g/mol. The highest BCUT2D eigenvalue weighted by molar-refractivity contribution is 7.90. The van der Waals surface area contributed by atoms with Gasteiger partial charge in [0.2, 0.25) is 0 Å². The molecule has 0 amide bonds. The number of rotatable bonds is 7. The minimum Gasteiger partial charge on any atom is -0.444 e. The largest absolute Gasteiger partial charge is 0.444 e. The van der Waals surface area contributed by atoms with Crippen LogP contribution in [0.5, 0.6) is 0 Å². The number of sulfone groups is 1. The molecule has 18 heavy (non-hydrogen) atoms. The van der Waals surface area contributed by atoms with Crippen LogP contribution in [0.4, 0.5) is 0 Å². The van der Waals surface area contributed by atoms with Crippen molar-refractivity contribution in [2.45, 2.75) is 43.9 Å². The van der Waals surface area contributed by atoms with Crippen molar-refractivity contribution in [3.63, 3.8) is 0 Å². The van der Waals surface area contributed by atoms with E-state index in [0.29, 0.717) is 11.7 Å². The Morgan fingerprint density at radius 3 is 2.89 bits per heavy atom. The summed E-state index contributed by atoms with van der Waals surface area (Å²) >= 11 is 0. The summed E-state index contributed by atoms with van der Waals surface area (Å²) in [5.41, 5.74) is 0. The molecule has 0 saturated heterocycles. The van der Waals surface area contributed by atoms with Gasteiger partial charge in [0.15, 0.2) is 15.7 Å². The molecule has 0 bridgehead atoms. The molecule has 1 aliphatic carbocycles. The normalized spacial score (nSPS) is 17.9. The van der Waals surface area contributed by atoms with Gasteiger partial charge in [-0.25, -0.2) is 13.4 Å². The van der Waals surface area contributed by atoms with Crippen LogP contribution in [0.1, 0.15) is 43.1 Å². The Kier molecular flexibility index (Phi) is 4.07. The molecule has 0 aromatic carbocycles. The van der Waals surface area contributed by atoms with Gasteiger partial charge in [-0.1, -0.05) is 0 Å². The number of nitrogens with one attached hydrogen (secondary N) is 1. The molecule has 1 saturated carbocycles. The topological polar surface area (TPSA) is 72.2 Å². The molecule has 1 aromatic heterocycles. The summed E-state index contributed by atoms with van der Waals surface area (Å²) in [4.78, 5) is 4.12. The second-order valence-corrected chi connectivity index (χ2v) is 7.33. The maximum Gasteiger partial charge on any atom is 0.194 e. The lowest BCUT2D eigenvalue weighted by Crippen LogP contribution is -2.17. The lowest BCUT2D eigenvalue weighted by atomic mass is 10.3. The number of aromatic nitrogens is 1. The summed E-state index contributed by atoms with van der Waals surface area (Å²) in [6, 6.07) is 0.718. The maximum atomic E-state index is 11.4. The predicted molar refractivity (Wildman–Crippen MR) is 69.1 cm³/mol. The zero-order chi connectivity index (χ0) is 13.2. The molecular weight excluding hydrogens is 252 g/mol. The lowest BCUT2D eigenvalue weighted by molar-refractivity contribution is 0.443. The SMILES string of the molecule is CC(c1cnc(CCCNC2CC2)o1)S(C)(=O)=O. The average molecular weight is 272 g/mol. The molecule has 1 N–H and O–H groups in total. The first-order valence-electron chi connectivity index (χ1n) is 6.33. The van der Waals surface area contributed by atoms with Crippen LogP contribution in [0.2, 0.25) is 0 Å². The fraction of sp³-hybridized carbons (Fsp3) is 0.750. The zero-order valence-electron chi connectivity index (χ0n) is 10.8. The molecule has 6 heteroatoms. The second-order valence-electron chi connectivity index (χ2n) is 4.96. The van der Waals surface area contributed by atoms with Crippen molar-refractivity contribution in [1.82, 2.24) is 10.3 Å².